The minimum Gasteiger partial charge on any atom is -0.364 e. The number of nitrogens with zero attached hydrogens (tertiary/aromatic N) is 2. The highest BCUT2D eigenvalue weighted by molar-refractivity contribution is 6.32. The van der Waals surface area contributed by atoms with Gasteiger partial charge in [-0.25, -0.2) is 4.39 Å². The molecule has 6 heteroatoms. The van der Waals surface area contributed by atoms with Gasteiger partial charge in [-0.2, -0.15) is 5.10 Å². The first-order chi connectivity index (χ1) is 15.6. The average molecular weight is 444 g/mol. The van der Waals surface area contributed by atoms with E-state index < -0.39 is 0 Å². The maximum Gasteiger partial charge on any atom is 0.124 e. The van der Waals surface area contributed by atoms with Crippen molar-refractivity contribution in [3.63, 3.8) is 0 Å². The molecule has 0 spiro atoms. The van der Waals surface area contributed by atoms with E-state index in [9.17, 15) is 4.39 Å². The van der Waals surface area contributed by atoms with Crippen molar-refractivity contribution < 1.29 is 8.91 Å². The molecule has 0 amide bonds. The normalized spacial score (nSPS) is 12.2. The highest BCUT2D eigenvalue weighted by Crippen LogP contribution is 2.38. The lowest BCUT2D eigenvalue weighted by molar-refractivity contribution is 0.422. The van der Waals surface area contributed by atoms with E-state index in [1.54, 1.807) is 18.5 Å². The van der Waals surface area contributed by atoms with E-state index in [-0.39, 0.29) is 5.82 Å². The van der Waals surface area contributed by atoms with Crippen LogP contribution >= 0.6 is 11.6 Å². The predicted octanol–water partition coefficient (Wildman–Crippen LogP) is 7.38. The largest absolute Gasteiger partial charge is 0.364 e. The van der Waals surface area contributed by atoms with Crippen molar-refractivity contribution in [2.24, 2.45) is 0 Å². The monoisotopic (exact) mass is 443 g/mol. The summed E-state index contributed by atoms with van der Waals surface area (Å²) in [6.07, 6.45) is 4.08. The van der Waals surface area contributed by atoms with E-state index in [4.69, 9.17) is 16.1 Å². The van der Waals surface area contributed by atoms with E-state index in [1.807, 2.05) is 24.3 Å². The van der Waals surface area contributed by atoms with Crippen molar-refractivity contribution in [3.8, 4) is 11.3 Å². The highest BCUT2D eigenvalue weighted by atomic mass is 35.5. The molecule has 0 saturated heterocycles. The SMILES string of the molecule is CCC(=C(c1ccc(-c2ccon2)cc1)c1ccc2[nH]ncc2c1)c1ccc(F)cc1Cl. The molecule has 3 aromatic carbocycles. The highest BCUT2D eigenvalue weighted by Gasteiger charge is 2.17. The Labute approximate surface area is 189 Å². The summed E-state index contributed by atoms with van der Waals surface area (Å²) in [5, 5.41) is 12.6. The van der Waals surface area contributed by atoms with Crippen molar-refractivity contribution in [2.45, 2.75) is 13.3 Å². The maximum atomic E-state index is 13.8. The van der Waals surface area contributed by atoms with Gasteiger partial charge in [0.25, 0.3) is 0 Å². The number of allylic oxidation sites excluding steroid dienone is 1. The van der Waals surface area contributed by atoms with Gasteiger partial charge >= 0.3 is 0 Å². The summed E-state index contributed by atoms with van der Waals surface area (Å²) in [5.41, 5.74) is 7.65. The van der Waals surface area contributed by atoms with Gasteiger partial charge in [0.1, 0.15) is 17.8 Å². The van der Waals surface area contributed by atoms with E-state index in [0.717, 1.165) is 56.4 Å². The minimum absolute atomic E-state index is 0.354. The topological polar surface area (TPSA) is 54.7 Å². The Balaban J connectivity index is 1.73. The number of rotatable bonds is 5. The second kappa shape index (κ2) is 8.44. The quantitative estimate of drug-likeness (QED) is 0.288. The lowest BCUT2D eigenvalue weighted by atomic mass is 9.87. The van der Waals surface area contributed by atoms with E-state index in [0.29, 0.717) is 5.02 Å². The van der Waals surface area contributed by atoms with Crippen LogP contribution in [0, 0.1) is 5.82 Å². The zero-order chi connectivity index (χ0) is 22.1. The molecule has 0 unspecified atom stereocenters. The van der Waals surface area contributed by atoms with Crippen LogP contribution in [0.2, 0.25) is 5.02 Å². The molecule has 5 aromatic rings. The summed E-state index contributed by atoms with van der Waals surface area (Å²) in [5.74, 6) is -0.354. The number of nitrogens with one attached hydrogen (secondary N) is 1. The molecule has 0 aliphatic heterocycles. The van der Waals surface area contributed by atoms with E-state index in [2.05, 4.69) is 46.5 Å². The maximum absolute atomic E-state index is 13.8. The Morgan fingerprint density at radius 1 is 1.00 bits per heavy atom. The standard InChI is InChI=1S/C26H19ClFN3O/c1-2-21(22-9-8-20(28)14-23(22)27)26(18-7-10-24-19(13-18)15-29-30-24)17-5-3-16(4-6-17)25-11-12-32-31-25/h3-15H,2H2,1H3,(H,29,30). The van der Waals surface area contributed by atoms with Gasteiger partial charge in [-0.15, -0.1) is 0 Å². The number of aromatic amines is 1. The Morgan fingerprint density at radius 3 is 2.53 bits per heavy atom. The van der Waals surface area contributed by atoms with Crippen LogP contribution in [0.5, 0.6) is 0 Å². The molecular formula is C26H19ClFN3O. The third-order valence-corrected chi connectivity index (χ3v) is 5.86. The first kappa shape index (κ1) is 20.2. The van der Waals surface area contributed by atoms with Crippen molar-refractivity contribution in [1.82, 2.24) is 15.4 Å². The van der Waals surface area contributed by atoms with Crippen LogP contribution in [-0.4, -0.2) is 15.4 Å². The van der Waals surface area contributed by atoms with Crippen molar-refractivity contribution in [1.29, 1.82) is 0 Å². The van der Waals surface area contributed by atoms with Crippen LogP contribution in [0.25, 0.3) is 33.3 Å². The van der Waals surface area contributed by atoms with Crippen LogP contribution in [0.1, 0.15) is 30.0 Å². The molecule has 2 heterocycles. The Kier molecular flexibility index (Phi) is 5.33. The van der Waals surface area contributed by atoms with Crippen LogP contribution in [0.3, 0.4) is 0 Å². The third kappa shape index (κ3) is 3.72. The van der Waals surface area contributed by atoms with Gasteiger partial charge in [0.2, 0.25) is 0 Å². The fraction of sp³-hybridized carbons (Fsp3) is 0.0769. The molecule has 2 aromatic heterocycles. The zero-order valence-corrected chi connectivity index (χ0v) is 18.0. The summed E-state index contributed by atoms with van der Waals surface area (Å²) in [7, 11) is 0. The smallest absolute Gasteiger partial charge is 0.124 e. The average Bonchev–Trinajstić information content (AvgIpc) is 3.50. The fourth-order valence-electron chi connectivity index (χ4n) is 4.02. The zero-order valence-electron chi connectivity index (χ0n) is 17.3. The molecule has 32 heavy (non-hydrogen) atoms. The first-order valence-electron chi connectivity index (χ1n) is 10.3. The number of benzene rings is 3. The Hall–Kier alpha value is -3.70. The van der Waals surface area contributed by atoms with Crippen molar-refractivity contribution in [2.75, 3.05) is 0 Å². The van der Waals surface area contributed by atoms with E-state index in [1.165, 1.54) is 12.1 Å². The number of hydrogen-bond donors (Lipinski definition) is 1. The molecule has 0 fully saturated rings. The molecule has 4 nitrogen and oxygen atoms in total. The summed E-state index contributed by atoms with van der Waals surface area (Å²) in [6.45, 7) is 2.08. The molecule has 0 radical (unpaired) electrons. The van der Waals surface area contributed by atoms with Gasteiger partial charge in [-0.3, -0.25) is 5.10 Å². The Morgan fingerprint density at radius 2 is 1.81 bits per heavy atom. The molecule has 5 rings (SSSR count). The molecule has 0 aliphatic rings. The Bertz CT molecular complexity index is 1420. The fourth-order valence-corrected chi connectivity index (χ4v) is 4.30. The summed E-state index contributed by atoms with van der Waals surface area (Å²) in [4.78, 5) is 0. The van der Waals surface area contributed by atoms with Crippen LogP contribution < -0.4 is 0 Å². The summed E-state index contributed by atoms with van der Waals surface area (Å²) < 4.78 is 18.7. The molecule has 0 saturated carbocycles. The van der Waals surface area contributed by atoms with Gasteiger partial charge in [0.15, 0.2) is 0 Å². The van der Waals surface area contributed by atoms with Crippen LogP contribution in [-0.2, 0) is 0 Å². The van der Waals surface area contributed by atoms with Crippen molar-refractivity contribution in [3.05, 3.63) is 107 Å². The second-order valence-electron chi connectivity index (χ2n) is 7.47. The van der Waals surface area contributed by atoms with Gasteiger partial charge in [0, 0.05) is 17.0 Å². The number of hydrogen-bond acceptors (Lipinski definition) is 3. The minimum atomic E-state index is -0.354. The molecule has 158 valence electrons. The van der Waals surface area contributed by atoms with Crippen LogP contribution in [0.4, 0.5) is 4.39 Å². The first-order valence-corrected chi connectivity index (χ1v) is 10.6. The number of aromatic nitrogens is 3. The second-order valence-corrected chi connectivity index (χ2v) is 7.87. The predicted molar refractivity (Wildman–Crippen MR) is 126 cm³/mol. The summed E-state index contributed by atoms with van der Waals surface area (Å²) in [6, 6.07) is 20.7. The third-order valence-electron chi connectivity index (χ3n) is 5.55. The van der Waals surface area contributed by atoms with Crippen molar-refractivity contribution >= 4 is 33.7 Å². The molecule has 1 N–H and O–H groups in total. The summed E-state index contributed by atoms with van der Waals surface area (Å²) >= 11 is 6.48. The molecule has 0 atom stereocenters. The number of fused-ring (bicyclic) bond motifs is 1. The van der Waals surface area contributed by atoms with Gasteiger partial charge in [-0.1, -0.05) is 60.1 Å². The molecular weight excluding hydrogens is 425 g/mol. The van der Waals surface area contributed by atoms with Crippen LogP contribution in [0.15, 0.2) is 83.7 Å². The number of halogens is 2. The lowest BCUT2D eigenvalue weighted by Gasteiger charge is -2.18. The van der Waals surface area contributed by atoms with E-state index >= 15 is 0 Å². The van der Waals surface area contributed by atoms with Gasteiger partial charge in [-0.05, 0) is 58.5 Å². The molecule has 0 bridgehead atoms. The van der Waals surface area contributed by atoms with Gasteiger partial charge in [0.05, 0.1) is 16.7 Å². The van der Waals surface area contributed by atoms with Gasteiger partial charge < -0.3 is 4.52 Å². The number of H-pyrrole nitrogens is 1. The lowest BCUT2D eigenvalue weighted by Crippen LogP contribution is -1.96. The molecule has 0 aliphatic carbocycles.